The number of ether oxygens (including phenoxy) is 1. The van der Waals surface area contributed by atoms with Crippen LogP contribution in [-0.2, 0) is 11.8 Å². The molecule has 0 atom stereocenters. The molecule has 3 heterocycles. The van der Waals surface area contributed by atoms with Crippen LogP contribution in [-0.4, -0.2) is 43.9 Å². The van der Waals surface area contributed by atoms with Gasteiger partial charge in [-0.05, 0) is 32.9 Å². The van der Waals surface area contributed by atoms with Gasteiger partial charge in [0, 0.05) is 18.4 Å². The van der Waals surface area contributed by atoms with E-state index >= 15 is 0 Å². The summed E-state index contributed by atoms with van der Waals surface area (Å²) in [5.41, 5.74) is 1.94. The number of esters is 1. The van der Waals surface area contributed by atoms with Crippen molar-refractivity contribution in [3.8, 4) is 11.6 Å². The quantitative estimate of drug-likeness (QED) is 0.377. The Morgan fingerprint density at radius 1 is 1.26 bits per heavy atom. The number of hydrogen-bond acceptors (Lipinski definition) is 7. The Balaban J connectivity index is 1.79. The van der Waals surface area contributed by atoms with Crippen LogP contribution < -0.4 is 0 Å². The second-order valence-electron chi connectivity index (χ2n) is 5.90. The standard InChI is InChI=1S/C18H20N4O4S/c1-5-25-17(24)15-11(3)19-10(2)14(15)12(23)9-27-18-21-20-16(22(18)4)13-7-6-8-26-13/h6-8,19H,5,9H2,1-4H3. The number of thioether (sulfide) groups is 1. The van der Waals surface area contributed by atoms with Gasteiger partial charge in [-0.1, -0.05) is 11.8 Å². The number of carbonyl (C=O) groups is 2. The Morgan fingerprint density at radius 2 is 2.00 bits per heavy atom. The highest BCUT2D eigenvalue weighted by molar-refractivity contribution is 7.99. The van der Waals surface area contributed by atoms with E-state index < -0.39 is 5.97 Å². The summed E-state index contributed by atoms with van der Waals surface area (Å²) >= 11 is 1.25. The van der Waals surface area contributed by atoms with Crippen molar-refractivity contribution in [1.82, 2.24) is 19.7 Å². The van der Waals surface area contributed by atoms with Crippen molar-refractivity contribution in [2.24, 2.45) is 7.05 Å². The monoisotopic (exact) mass is 388 g/mol. The van der Waals surface area contributed by atoms with Crippen LogP contribution in [0.3, 0.4) is 0 Å². The van der Waals surface area contributed by atoms with Gasteiger partial charge in [0.15, 0.2) is 22.5 Å². The van der Waals surface area contributed by atoms with Gasteiger partial charge in [-0.3, -0.25) is 4.79 Å². The van der Waals surface area contributed by atoms with Crippen molar-refractivity contribution < 1.29 is 18.7 Å². The molecule has 0 fully saturated rings. The predicted octanol–water partition coefficient (Wildman–Crippen LogP) is 3.17. The van der Waals surface area contributed by atoms with E-state index in [0.717, 1.165) is 0 Å². The van der Waals surface area contributed by atoms with E-state index in [1.165, 1.54) is 11.8 Å². The molecule has 0 amide bonds. The summed E-state index contributed by atoms with van der Waals surface area (Å²) in [6.07, 6.45) is 1.56. The van der Waals surface area contributed by atoms with Gasteiger partial charge in [0.05, 0.1) is 29.7 Å². The van der Waals surface area contributed by atoms with Crippen LogP contribution in [0.15, 0.2) is 28.0 Å². The summed E-state index contributed by atoms with van der Waals surface area (Å²) in [4.78, 5) is 28.1. The summed E-state index contributed by atoms with van der Waals surface area (Å²) in [6, 6.07) is 3.56. The second kappa shape index (κ2) is 7.83. The number of rotatable bonds is 7. The van der Waals surface area contributed by atoms with Crippen LogP contribution in [0, 0.1) is 13.8 Å². The zero-order valence-corrected chi connectivity index (χ0v) is 16.3. The second-order valence-corrected chi connectivity index (χ2v) is 6.84. The highest BCUT2D eigenvalue weighted by atomic mass is 32.2. The number of nitrogens with zero attached hydrogens (tertiary/aromatic N) is 3. The van der Waals surface area contributed by atoms with E-state index in [2.05, 4.69) is 15.2 Å². The first kappa shape index (κ1) is 19.0. The minimum Gasteiger partial charge on any atom is -0.462 e. The topological polar surface area (TPSA) is 103 Å². The Labute approximate surface area is 160 Å². The third kappa shape index (κ3) is 3.68. The maximum absolute atomic E-state index is 12.8. The summed E-state index contributed by atoms with van der Waals surface area (Å²) in [7, 11) is 1.81. The number of furan rings is 1. The fourth-order valence-corrected chi connectivity index (χ4v) is 3.63. The van der Waals surface area contributed by atoms with Crippen LogP contribution >= 0.6 is 11.8 Å². The summed E-state index contributed by atoms with van der Waals surface area (Å²) in [5.74, 6) is 0.633. The lowest BCUT2D eigenvalue weighted by Gasteiger charge is -2.06. The lowest BCUT2D eigenvalue weighted by Crippen LogP contribution is -2.13. The van der Waals surface area contributed by atoms with E-state index in [9.17, 15) is 9.59 Å². The van der Waals surface area contributed by atoms with Crippen LogP contribution in [0.1, 0.15) is 39.0 Å². The molecule has 1 N–H and O–H groups in total. The zero-order chi connectivity index (χ0) is 19.6. The normalized spacial score (nSPS) is 11.0. The summed E-state index contributed by atoms with van der Waals surface area (Å²) in [5, 5.41) is 8.80. The first-order chi connectivity index (χ1) is 12.9. The molecule has 9 heteroatoms. The first-order valence-electron chi connectivity index (χ1n) is 8.39. The smallest absolute Gasteiger partial charge is 0.340 e. The van der Waals surface area contributed by atoms with E-state index in [1.807, 2.05) is 0 Å². The highest BCUT2D eigenvalue weighted by Crippen LogP contribution is 2.26. The molecular weight excluding hydrogens is 368 g/mol. The number of aryl methyl sites for hydroxylation is 2. The first-order valence-corrected chi connectivity index (χ1v) is 9.38. The molecule has 3 aromatic rings. The summed E-state index contributed by atoms with van der Waals surface area (Å²) in [6.45, 7) is 5.50. The molecule has 3 aromatic heterocycles. The van der Waals surface area contributed by atoms with Gasteiger partial charge >= 0.3 is 5.97 Å². The van der Waals surface area contributed by atoms with Crippen molar-refractivity contribution in [2.75, 3.05) is 12.4 Å². The molecule has 3 rings (SSSR count). The Bertz CT molecular complexity index is 972. The molecule has 8 nitrogen and oxygen atoms in total. The van der Waals surface area contributed by atoms with Gasteiger partial charge in [0.2, 0.25) is 0 Å². The molecule has 0 bridgehead atoms. The van der Waals surface area contributed by atoms with Gasteiger partial charge in [-0.15, -0.1) is 10.2 Å². The van der Waals surface area contributed by atoms with E-state index in [0.29, 0.717) is 39.3 Å². The van der Waals surface area contributed by atoms with Gasteiger partial charge in [-0.2, -0.15) is 0 Å². The van der Waals surface area contributed by atoms with Gasteiger partial charge < -0.3 is 18.7 Å². The molecule has 0 radical (unpaired) electrons. The number of hydrogen-bond donors (Lipinski definition) is 1. The highest BCUT2D eigenvalue weighted by Gasteiger charge is 2.26. The van der Waals surface area contributed by atoms with E-state index in [1.54, 1.807) is 50.8 Å². The molecule has 0 saturated carbocycles. The Hall–Kier alpha value is -2.81. The van der Waals surface area contributed by atoms with Gasteiger partial charge in [-0.25, -0.2) is 4.79 Å². The molecule has 142 valence electrons. The molecule has 0 saturated heterocycles. The number of aromatic nitrogens is 4. The average Bonchev–Trinajstić information content (AvgIpc) is 3.32. The van der Waals surface area contributed by atoms with Crippen LogP contribution in [0.4, 0.5) is 0 Å². The molecule has 0 aliphatic carbocycles. The van der Waals surface area contributed by atoms with Gasteiger partial charge in [0.1, 0.15) is 0 Å². The fraction of sp³-hybridized carbons (Fsp3) is 0.333. The number of carbonyl (C=O) groups excluding carboxylic acids is 2. The van der Waals surface area contributed by atoms with Gasteiger partial charge in [0.25, 0.3) is 0 Å². The van der Waals surface area contributed by atoms with Crippen molar-refractivity contribution >= 4 is 23.5 Å². The van der Waals surface area contributed by atoms with E-state index in [4.69, 9.17) is 9.15 Å². The van der Waals surface area contributed by atoms with Crippen molar-refractivity contribution in [3.63, 3.8) is 0 Å². The molecule has 0 aromatic carbocycles. The third-order valence-corrected chi connectivity index (χ3v) is 5.06. The largest absolute Gasteiger partial charge is 0.462 e. The number of Topliss-reactive ketones (excluding diaryl/α,β-unsaturated/α-hetero) is 1. The molecular formula is C18H20N4O4S. The minimum atomic E-state index is -0.494. The lowest BCUT2D eigenvalue weighted by atomic mass is 10.1. The van der Waals surface area contributed by atoms with Crippen molar-refractivity contribution in [1.29, 1.82) is 0 Å². The van der Waals surface area contributed by atoms with Crippen molar-refractivity contribution in [3.05, 3.63) is 40.9 Å². The van der Waals surface area contributed by atoms with Crippen molar-refractivity contribution in [2.45, 2.75) is 25.9 Å². The number of nitrogens with one attached hydrogen (secondary N) is 1. The number of aromatic amines is 1. The minimum absolute atomic E-state index is 0.120. The molecule has 0 unspecified atom stereocenters. The van der Waals surface area contributed by atoms with Crippen LogP contribution in [0.5, 0.6) is 0 Å². The summed E-state index contributed by atoms with van der Waals surface area (Å²) < 4.78 is 12.2. The Morgan fingerprint density at radius 3 is 2.67 bits per heavy atom. The number of H-pyrrole nitrogens is 1. The maximum atomic E-state index is 12.8. The molecule has 0 aliphatic rings. The Kier molecular flexibility index (Phi) is 5.50. The van der Waals surface area contributed by atoms with Crippen LogP contribution in [0.25, 0.3) is 11.6 Å². The number of ketones is 1. The predicted molar refractivity (Wildman–Crippen MR) is 100.0 cm³/mol. The SMILES string of the molecule is CCOC(=O)c1c(C)[nH]c(C)c1C(=O)CSc1nnc(-c2ccco2)n1C. The third-order valence-electron chi connectivity index (χ3n) is 4.04. The maximum Gasteiger partial charge on any atom is 0.340 e. The zero-order valence-electron chi connectivity index (χ0n) is 15.5. The lowest BCUT2D eigenvalue weighted by molar-refractivity contribution is 0.0522. The average molecular weight is 388 g/mol. The molecule has 27 heavy (non-hydrogen) atoms. The molecule has 0 spiro atoms. The fourth-order valence-electron chi connectivity index (χ4n) is 2.85. The molecule has 0 aliphatic heterocycles. The van der Waals surface area contributed by atoms with Crippen LogP contribution in [0.2, 0.25) is 0 Å². The van der Waals surface area contributed by atoms with E-state index in [-0.39, 0.29) is 18.1 Å².